The number of nitrogens with zero attached hydrogens (tertiary/aromatic N) is 2. The molecule has 2 amide bonds. The van der Waals surface area contributed by atoms with Gasteiger partial charge in [-0.3, -0.25) is 14.6 Å². The maximum absolute atomic E-state index is 12.7. The summed E-state index contributed by atoms with van der Waals surface area (Å²) in [6.07, 6.45) is 3.10. The van der Waals surface area contributed by atoms with Gasteiger partial charge in [-0.1, -0.05) is 17.7 Å². The number of carbonyl (C=O) groups is 2. The number of likely N-dealkylation sites (tertiary alicyclic amines) is 1. The predicted octanol–water partition coefficient (Wildman–Crippen LogP) is 2.17. The van der Waals surface area contributed by atoms with Gasteiger partial charge in [0.25, 0.3) is 11.8 Å². The van der Waals surface area contributed by atoms with Crippen LogP contribution in [-0.2, 0) is 0 Å². The molecule has 1 aliphatic heterocycles. The quantitative estimate of drug-likeness (QED) is 0.925. The van der Waals surface area contributed by atoms with E-state index in [0.717, 1.165) is 24.9 Å². The van der Waals surface area contributed by atoms with E-state index < -0.39 is 5.91 Å². The normalized spacial score (nSPS) is 17.2. The van der Waals surface area contributed by atoms with E-state index in [4.69, 9.17) is 10.5 Å². The fourth-order valence-electron chi connectivity index (χ4n) is 2.99. The van der Waals surface area contributed by atoms with E-state index in [0.29, 0.717) is 17.9 Å². The van der Waals surface area contributed by atoms with Crippen molar-refractivity contribution in [2.75, 3.05) is 13.1 Å². The van der Waals surface area contributed by atoms with Crippen LogP contribution in [0.3, 0.4) is 0 Å². The number of benzene rings is 1. The fourth-order valence-corrected chi connectivity index (χ4v) is 2.99. The Hall–Kier alpha value is -2.89. The molecule has 0 saturated carbocycles. The Morgan fingerprint density at radius 2 is 2.12 bits per heavy atom. The van der Waals surface area contributed by atoms with Gasteiger partial charge in [-0.2, -0.15) is 0 Å². The molecule has 6 heteroatoms. The van der Waals surface area contributed by atoms with Crippen molar-refractivity contribution >= 4 is 11.8 Å². The second kappa shape index (κ2) is 7.34. The van der Waals surface area contributed by atoms with E-state index in [2.05, 4.69) is 4.98 Å². The number of aryl methyl sites for hydroxylation is 1. The molecule has 130 valence electrons. The highest BCUT2D eigenvalue weighted by Crippen LogP contribution is 2.20. The van der Waals surface area contributed by atoms with E-state index in [1.54, 1.807) is 6.07 Å². The van der Waals surface area contributed by atoms with E-state index in [1.807, 2.05) is 36.1 Å². The van der Waals surface area contributed by atoms with Crippen molar-refractivity contribution in [1.29, 1.82) is 0 Å². The average molecular weight is 339 g/mol. The SMILES string of the molecule is Cc1cccc(C(=O)N2CCCC(Oc3ccnc(C(N)=O)c3)C2)c1. The zero-order valence-corrected chi connectivity index (χ0v) is 14.1. The molecular formula is C19H21N3O3. The monoisotopic (exact) mass is 339 g/mol. The van der Waals surface area contributed by atoms with Crippen molar-refractivity contribution in [3.05, 3.63) is 59.4 Å². The molecule has 1 unspecified atom stereocenters. The van der Waals surface area contributed by atoms with Crippen LogP contribution < -0.4 is 10.5 Å². The molecule has 1 aromatic heterocycles. The third-order valence-electron chi connectivity index (χ3n) is 4.22. The van der Waals surface area contributed by atoms with Crippen molar-refractivity contribution in [1.82, 2.24) is 9.88 Å². The first kappa shape index (κ1) is 17.0. The van der Waals surface area contributed by atoms with Crippen LogP contribution >= 0.6 is 0 Å². The second-order valence-corrected chi connectivity index (χ2v) is 6.24. The van der Waals surface area contributed by atoms with Crippen molar-refractivity contribution in [3.8, 4) is 5.75 Å². The first-order chi connectivity index (χ1) is 12.0. The number of amides is 2. The minimum absolute atomic E-state index is 0.0181. The van der Waals surface area contributed by atoms with Gasteiger partial charge in [0, 0.05) is 24.4 Å². The van der Waals surface area contributed by atoms with Crippen molar-refractivity contribution < 1.29 is 14.3 Å². The first-order valence-corrected chi connectivity index (χ1v) is 8.31. The summed E-state index contributed by atoms with van der Waals surface area (Å²) in [6.45, 7) is 3.20. The number of pyridine rings is 1. The molecule has 25 heavy (non-hydrogen) atoms. The maximum Gasteiger partial charge on any atom is 0.267 e. The average Bonchev–Trinajstić information content (AvgIpc) is 2.61. The van der Waals surface area contributed by atoms with Crippen LogP contribution in [0.25, 0.3) is 0 Å². The Morgan fingerprint density at radius 3 is 2.88 bits per heavy atom. The summed E-state index contributed by atoms with van der Waals surface area (Å²) in [7, 11) is 0. The number of nitrogens with two attached hydrogens (primary N) is 1. The molecule has 1 aliphatic rings. The summed E-state index contributed by atoms with van der Waals surface area (Å²) in [5, 5.41) is 0. The van der Waals surface area contributed by atoms with Gasteiger partial charge in [-0.15, -0.1) is 0 Å². The summed E-state index contributed by atoms with van der Waals surface area (Å²) in [4.78, 5) is 29.6. The lowest BCUT2D eigenvalue weighted by Crippen LogP contribution is -2.44. The van der Waals surface area contributed by atoms with Gasteiger partial charge in [-0.05, 0) is 38.0 Å². The van der Waals surface area contributed by atoms with Crippen molar-refractivity contribution in [2.45, 2.75) is 25.9 Å². The molecule has 0 spiro atoms. The molecule has 0 aliphatic carbocycles. The van der Waals surface area contributed by atoms with Crippen LogP contribution in [0, 0.1) is 6.92 Å². The third-order valence-corrected chi connectivity index (χ3v) is 4.22. The highest BCUT2D eigenvalue weighted by molar-refractivity contribution is 5.94. The van der Waals surface area contributed by atoms with E-state index in [1.165, 1.54) is 12.3 Å². The molecular weight excluding hydrogens is 318 g/mol. The third kappa shape index (κ3) is 4.15. The summed E-state index contributed by atoms with van der Waals surface area (Å²) in [6, 6.07) is 10.8. The zero-order valence-electron chi connectivity index (χ0n) is 14.1. The van der Waals surface area contributed by atoms with Gasteiger partial charge in [0.2, 0.25) is 0 Å². The number of ether oxygens (including phenoxy) is 1. The standard InChI is InChI=1S/C19H21N3O3/c1-13-4-2-5-14(10-13)19(24)22-9-3-6-16(12-22)25-15-7-8-21-17(11-15)18(20)23/h2,4-5,7-8,10-11,16H,3,6,9,12H2,1H3,(H2,20,23). The number of primary amides is 1. The Kier molecular flexibility index (Phi) is 4.97. The number of aromatic nitrogens is 1. The summed E-state index contributed by atoms with van der Waals surface area (Å²) in [5.74, 6) is -0.0337. The summed E-state index contributed by atoms with van der Waals surface area (Å²) in [5.41, 5.74) is 7.17. The Balaban J connectivity index is 1.68. The van der Waals surface area contributed by atoms with E-state index >= 15 is 0 Å². The van der Waals surface area contributed by atoms with Gasteiger partial charge in [0.05, 0.1) is 6.54 Å². The lowest BCUT2D eigenvalue weighted by atomic mass is 10.1. The molecule has 2 N–H and O–H groups in total. The largest absolute Gasteiger partial charge is 0.488 e. The number of piperidine rings is 1. The lowest BCUT2D eigenvalue weighted by Gasteiger charge is -2.33. The van der Waals surface area contributed by atoms with Gasteiger partial charge in [-0.25, -0.2) is 0 Å². The minimum Gasteiger partial charge on any atom is -0.488 e. The molecule has 6 nitrogen and oxygen atoms in total. The van der Waals surface area contributed by atoms with Gasteiger partial charge in [0.1, 0.15) is 17.5 Å². The molecule has 1 atom stereocenters. The highest BCUT2D eigenvalue weighted by Gasteiger charge is 2.26. The Morgan fingerprint density at radius 1 is 1.28 bits per heavy atom. The molecule has 2 heterocycles. The number of rotatable bonds is 4. The summed E-state index contributed by atoms with van der Waals surface area (Å²) >= 11 is 0. The number of carbonyl (C=O) groups excluding carboxylic acids is 2. The molecule has 1 saturated heterocycles. The fraction of sp³-hybridized carbons (Fsp3) is 0.316. The predicted molar refractivity (Wildman–Crippen MR) is 93.5 cm³/mol. The van der Waals surface area contributed by atoms with Crippen LogP contribution in [0.15, 0.2) is 42.6 Å². The molecule has 0 bridgehead atoms. The number of hydrogen-bond acceptors (Lipinski definition) is 4. The van der Waals surface area contributed by atoms with Gasteiger partial charge in [0.15, 0.2) is 0 Å². The maximum atomic E-state index is 12.7. The van der Waals surface area contributed by atoms with Crippen molar-refractivity contribution in [3.63, 3.8) is 0 Å². The topological polar surface area (TPSA) is 85.5 Å². The lowest BCUT2D eigenvalue weighted by molar-refractivity contribution is 0.0537. The Bertz CT molecular complexity index is 791. The Labute approximate surface area is 146 Å². The molecule has 2 aromatic rings. The summed E-state index contributed by atoms with van der Waals surface area (Å²) < 4.78 is 5.94. The van der Waals surface area contributed by atoms with Gasteiger partial charge < -0.3 is 15.4 Å². The van der Waals surface area contributed by atoms with Crippen LogP contribution in [-0.4, -0.2) is 40.9 Å². The minimum atomic E-state index is -0.592. The highest BCUT2D eigenvalue weighted by atomic mass is 16.5. The van der Waals surface area contributed by atoms with Gasteiger partial charge >= 0.3 is 0 Å². The van der Waals surface area contributed by atoms with Crippen LogP contribution in [0.5, 0.6) is 5.75 Å². The number of hydrogen-bond donors (Lipinski definition) is 1. The van der Waals surface area contributed by atoms with Crippen molar-refractivity contribution in [2.24, 2.45) is 5.73 Å². The van der Waals surface area contributed by atoms with E-state index in [-0.39, 0.29) is 17.7 Å². The molecule has 1 aromatic carbocycles. The van der Waals surface area contributed by atoms with Crippen LogP contribution in [0.2, 0.25) is 0 Å². The molecule has 3 rings (SSSR count). The van der Waals surface area contributed by atoms with Crippen LogP contribution in [0.1, 0.15) is 39.3 Å². The zero-order chi connectivity index (χ0) is 17.8. The first-order valence-electron chi connectivity index (χ1n) is 8.31. The second-order valence-electron chi connectivity index (χ2n) is 6.24. The van der Waals surface area contributed by atoms with E-state index in [9.17, 15) is 9.59 Å². The molecule has 0 radical (unpaired) electrons. The smallest absolute Gasteiger partial charge is 0.267 e. The van der Waals surface area contributed by atoms with Crippen LogP contribution in [0.4, 0.5) is 0 Å². The molecule has 1 fully saturated rings.